The first-order valence-electron chi connectivity index (χ1n) is 13.1. The molecule has 0 amide bonds. The first-order valence-corrected chi connectivity index (χ1v) is 13.1. The highest BCUT2D eigenvalue weighted by molar-refractivity contribution is 6.06. The smallest absolute Gasteiger partial charge is 0.339 e. The third-order valence-electron chi connectivity index (χ3n) is 8.27. The third-order valence-corrected chi connectivity index (χ3v) is 8.27. The van der Waals surface area contributed by atoms with Gasteiger partial charge >= 0.3 is 5.97 Å². The molecule has 1 aromatic heterocycles. The van der Waals surface area contributed by atoms with E-state index in [2.05, 4.69) is 51.7 Å². The lowest BCUT2D eigenvalue weighted by molar-refractivity contribution is -0.117. The Labute approximate surface area is 219 Å². The highest BCUT2D eigenvalue weighted by Crippen LogP contribution is 2.46. The first-order chi connectivity index (χ1) is 17.5. The number of fused-ring (bicyclic) bond motifs is 3. The van der Waals surface area contributed by atoms with Gasteiger partial charge in [-0.25, -0.2) is 4.79 Å². The standard InChI is InChI=1S/C32H36N2O3/c1-31(2,3)20-15-16-26-23(17-20)29(22-11-7-9-13-25(22)33-26)30(36)37-19-21(35)18-28-32(4,5)24-12-8-10-14-27(24)34(28)6/h7-14,18,20H,15-17,19H2,1-6H3/b28-18-/t20-/m1/s1. The molecular weight excluding hydrogens is 460 g/mol. The summed E-state index contributed by atoms with van der Waals surface area (Å²) in [6, 6.07) is 15.9. The SMILES string of the molecule is CN1/C(=C\C(=O)COC(=O)c2c3c(nc4ccccc24)CC[C@@H](C(C)(C)C)C3)C(C)(C)c2ccccc21. The fourth-order valence-corrected chi connectivity index (χ4v) is 6.02. The Balaban J connectivity index is 1.42. The number of rotatable bonds is 4. The molecule has 5 heteroatoms. The summed E-state index contributed by atoms with van der Waals surface area (Å²) in [5.74, 6) is -0.225. The summed E-state index contributed by atoms with van der Waals surface area (Å²) in [5, 5.41) is 0.790. The number of carbonyl (C=O) groups is 2. The molecule has 0 saturated heterocycles. The molecule has 2 heterocycles. The Morgan fingerprint density at radius 1 is 1.11 bits per heavy atom. The monoisotopic (exact) mass is 496 g/mol. The van der Waals surface area contributed by atoms with Gasteiger partial charge in [-0.05, 0) is 53.9 Å². The summed E-state index contributed by atoms with van der Waals surface area (Å²) in [6.45, 7) is 10.7. The van der Waals surface area contributed by atoms with Gasteiger partial charge in [-0.3, -0.25) is 9.78 Å². The molecule has 0 unspecified atom stereocenters. The number of hydrogen-bond acceptors (Lipinski definition) is 5. The van der Waals surface area contributed by atoms with E-state index >= 15 is 0 Å². The number of para-hydroxylation sites is 2. The second kappa shape index (κ2) is 9.13. The van der Waals surface area contributed by atoms with Crippen LogP contribution in [0.5, 0.6) is 0 Å². The van der Waals surface area contributed by atoms with E-state index in [0.717, 1.165) is 52.8 Å². The molecule has 1 aliphatic carbocycles. The molecule has 1 atom stereocenters. The third kappa shape index (κ3) is 4.45. The van der Waals surface area contributed by atoms with E-state index in [0.29, 0.717) is 11.5 Å². The number of pyridine rings is 1. The number of hydrogen-bond donors (Lipinski definition) is 0. The second-order valence-corrected chi connectivity index (χ2v) is 12.0. The van der Waals surface area contributed by atoms with Gasteiger partial charge in [-0.1, -0.05) is 71.0 Å². The van der Waals surface area contributed by atoms with Gasteiger partial charge in [0.05, 0.1) is 11.1 Å². The van der Waals surface area contributed by atoms with E-state index in [4.69, 9.17) is 9.72 Å². The summed E-state index contributed by atoms with van der Waals surface area (Å²) in [4.78, 5) is 33.6. The topological polar surface area (TPSA) is 59.5 Å². The number of carbonyl (C=O) groups excluding carboxylic acids is 2. The summed E-state index contributed by atoms with van der Waals surface area (Å²) < 4.78 is 5.70. The van der Waals surface area contributed by atoms with Crippen molar-refractivity contribution in [2.75, 3.05) is 18.6 Å². The Kier molecular flexibility index (Phi) is 6.21. The zero-order chi connectivity index (χ0) is 26.5. The molecular formula is C32H36N2O3. The maximum absolute atomic E-state index is 13.6. The van der Waals surface area contributed by atoms with Gasteiger partial charge in [0.2, 0.25) is 0 Å². The molecule has 0 saturated carbocycles. The quantitative estimate of drug-likeness (QED) is 0.308. The van der Waals surface area contributed by atoms with Crippen molar-refractivity contribution in [1.29, 1.82) is 0 Å². The van der Waals surface area contributed by atoms with Crippen molar-refractivity contribution in [3.8, 4) is 0 Å². The number of benzene rings is 2. The van der Waals surface area contributed by atoms with Crippen molar-refractivity contribution < 1.29 is 14.3 Å². The summed E-state index contributed by atoms with van der Waals surface area (Å²) >= 11 is 0. The van der Waals surface area contributed by atoms with Crippen LogP contribution >= 0.6 is 0 Å². The van der Waals surface area contributed by atoms with Crippen LogP contribution in [0.25, 0.3) is 10.9 Å². The summed E-state index contributed by atoms with van der Waals surface area (Å²) in [6.07, 6.45) is 4.31. The Morgan fingerprint density at radius 3 is 2.54 bits per heavy atom. The van der Waals surface area contributed by atoms with Gasteiger partial charge in [0, 0.05) is 41.0 Å². The van der Waals surface area contributed by atoms with Crippen LogP contribution in [-0.2, 0) is 27.8 Å². The molecule has 0 radical (unpaired) electrons. The molecule has 192 valence electrons. The minimum absolute atomic E-state index is 0.129. The summed E-state index contributed by atoms with van der Waals surface area (Å²) in [5.41, 5.74) is 6.30. The summed E-state index contributed by atoms with van der Waals surface area (Å²) in [7, 11) is 1.97. The van der Waals surface area contributed by atoms with Gasteiger partial charge in [-0.2, -0.15) is 0 Å². The highest BCUT2D eigenvalue weighted by atomic mass is 16.5. The fraction of sp³-hybridized carbons (Fsp3) is 0.406. The number of ether oxygens (including phenoxy) is 1. The largest absolute Gasteiger partial charge is 0.454 e. The first kappa shape index (κ1) is 25.2. The number of likely N-dealkylation sites (N-methyl/N-ethyl adjacent to an activating group) is 1. The molecule has 3 aromatic rings. The fourth-order valence-electron chi connectivity index (χ4n) is 6.02. The molecule has 5 rings (SSSR count). The number of esters is 1. The van der Waals surface area contributed by atoms with Crippen molar-refractivity contribution in [3.05, 3.63) is 82.7 Å². The maximum atomic E-state index is 13.6. The van der Waals surface area contributed by atoms with Crippen LogP contribution in [0.15, 0.2) is 60.3 Å². The van der Waals surface area contributed by atoms with E-state index in [1.807, 2.05) is 43.4 Å². The van der Waals surface area contributed by atoms with Gasteiger partial charge < -0.3 is 9.64 Å². The van der Waals surface area contributed by atoms with Crippen molar-refractivity contribution in [1.82, 2.24) is 4.98 Å². The zero-order valence-corrected chi connectivity index (χ0v) is 22.7. The average molecular weight is 497 g/mol. The van der Waals surface area contributed by atoms with E-state index < -0.39 is 5.97 Å². The number of nitrogens with zero attached hydrogens (tertiary/aromatic N) is 2. The van der Waals surface area contributed by atoms with Crippen molar-refractivity contribution in [2.24, 2.45) is 11.3 Å². The number of aryl methyl sites for hydroxylation is 1. The second-order valence-electron chi connectivity index (χ2n) is 12.0. The van der Waals surface area contributed by atoms with Crippen LogP contribution in [-0.4, -0.2) is 30.4 Å². The Bertz CT molecular complexity index is 1430. The predicted molar refractivity (Wildman–Crippen MR) is 148 cm³/mol. The molecule has 1 aliphatic heterocycles. The van der Waals surface area contributed by atoms with E-state index in [9.17, 15) is 9.59 Å². The molecule has 0 bridgehead atoms. The van der Waals surface area contributed by atoms with Crippen LogP contribution in [0.1, 0.15) is 68.2 Å². The molecule has 2 aliphatic rings. The van der Waals surface area contributed by atoms with Crippen LogP contribution in [0.4, 0.5) is 5.69 Å². The van der Waals surface area contributed by atoms with Crippen molar-refractivity contribution >= 4 is 28.3 Å². The number of allylic oxidation sites excluding steroid dienone is 1. The van der Waals surface area contributed by atoms with Gasteiger partial charge in [0.25, 0.3) is 0 Å². The lowest BCUT2D eigenvalue weighted by atomic mass is 9.70. The van der Waals surface area contributed by atoms with Crippen LogP contribution in [0, 0.1) is 11.3 Å². The Hall–Kier alpha value is -3.47. The van der Waals surface area contributed by atoms with Crippen LogP contribution in [0.3, 0.4) is 0 Å². The molecule has 5 nitrogen and oxygen atoms in total. The lowest BCUT2D eigenvalue weighted by Crippen LogP contribution is -2.29. The number of ketones is 1. The molecule has 0 spiro atoms. The predicted octanol–water partition coefficient (Wildman–Crippen LogP) is 6.42. The Morgan fingerprint density at radius 2 is 1.81 bits per heavy atom. The number of anilines is 1. The zero-order valence-electron chi connectivity index (χ0n) is 22.7. The molecule has 37 heavy (non-hydrogen) atoms. The molecule has 0 fully saturated rings. The molecule has 0 N–H and O–H groups in total. The van der Waals surface area contributed by atoms with Gasteiger partial charge in [0.15, 0.2) is 12.4 Å². The highest BCUT2D eigenvalue weighted by Gasteiger charge is 2.39. The minimum atomic E-state index is -0.446. The van der Waals surface area contributed by atoms with Gasteiger partial charge in [0.1, 0.15) is 0 Å². The van der Waals surface area contributed by atoms with Crippen molar-refractivity contribution in [3.63, 3.8) is 0 Å². The van der Waals surface area contributed by atoms with E-state index in [1.165, 1.54) is 5.56 Å². The van der Waals surface area contributed by atoms with E-state index in [-0.39, 0.29) is 23.2 Å². The van der Waals surface area contributed by atoms with Gasteiger partial charge in [-0.15, -0.1) is 0 Å². The number of aromatic nitrogens is 1. The van der Waals surface area contributed by atoms with Crippen LogP contribution < -0.4 is 4.90 Å². The lowest BCUT2D eigenvalue weighted by Gasteiger charge is -2.35. The average Bonchev–Trinajstić information content (AvgIpc) is 3.05. The van der Waals surface area contributed by atoms with Crippen LogP contribution in [0.2, 0.25) is 0 Å². The minimum Gasteiger partial charge on any atom is -0.454 e. The maximum Gasteiger partial charge on any atom is 0.339 e. The normalized spacial score (nSPS) is 19.6. The van der Waals surface area contributed by atoms with Crippen molar-refractivity contribution in [2.45, 2.75) is 59.3 Å². The molecule has 2 aromatic carbocycles. The van der Waals surface area contributed by atoms with E-state index in [1.54, 1.807) is 6.08 Å².